The average molecular weight is 524 g/mol. The molecule has 0 aromatic heterocycles. The first kappa shape index (κ1) is 26.6. The first-order valence-electron chi connectivity index (χ1n) is 12.0. The third kappa shape index (κ3) is 5.76. The van der Waals surface area contributed by atoms with Gasteiger partial charge in [-0.15, -0.1) is 4.99 Å². The molecular weight excluding hydrogens is 496 g/mol. The van der Waals surface area contributed by atoms with Crippen LogP contribution in [0.25, 0.3) is 0 Å². The van der Waals surface area contributed by atoms with E-state index in [4.69, 9.17) is 0 Å². The summed E-state index contributed by atoms with van der Waals surface area (Å²) in [7, 11) is 0. The fourth-order valence-corrected chi connectivity index (χ4v) is 4.45. The van der Waals surface area contributed by atoms with Crippen LogP contribution in [0.2, 0.25) is 0 Å². The molecule has 2 aliphatic heterocycles. The van der Waals surface area contributed by atoms with E-state index in [1.54, 1.807) is 24.3 Å². The second-order valence-corrected chi connectivity index (χ2v) is 9.02. The smallest absolute Gasteiger partial charge is 0.388 e. The molecule has 0 spiro atoms. The lowest BCUT2D eigenvalue weighted by molar-refractivity contribution is -0.394. The van der Waals surface area contributed by atoms with Gasteiger partial charge in [0, 0.05) is 12.8 Å². The van der Waals surface area contributed by atoms with Gasteiger partial charge in [-0.3, -0.25) is 24.1 Å². The van der Waals surface area contributed by atoms with Crippen molar-refractivity contribution in [1.29, 1.82) is 0 Å². The standard InChI is InChI=1S/C26H26N4O8/c31-19(11-12-20(32)28-17(26(37)38)13-14-5-2-1-3-6-14)27-16-8-4-7-15-22(16)25(36)30(24(15)35)18-9-10-21(33)29-23(18)34/h1-8,17-18,26,37-38H,9-13H2,(H,27,31)(H,28,32)(H,29,33,34)/p+1/t17-,18?/m0/s1. The molecule has 1 unspecified atom stereocenters. The van der Waals surface area contributed by atoms with Crippen molar-refractivity contribution in [1.82, 2.24) is 10.2 Å². The summed E-state index contributed by atoms with van der Waals surface area (Å²) in [5.41, 5.74) is 0.847. The molecule has 198 valence electrons. The Balaban J connectivity index is 1.38. The molecule has 6 N–H and O–H groups in total. The van der Waals surface area contributed by atoms with Gasteiger partial charge in [-0.1, -0.05) is 36.4 Å². The van der Waals surface area contributed by atoms with E-state index in [2.05, 4.69) is 15.6 Å². The number of imide groups is 1. The molecule has 0 bridgehead atoms. The highest BCUT2D eigenvalue weighted by molar-refractivity contribution is 6.25. The quantitative estimate of drug-likeness (QED) is 0.174. The largest absolute Gasteiger partial charge is 0.462 e. The number of hydrogen-bond donors (Lipinski definition) is 6. The van der Waals surface area contributed by atoms with Crippen LogP contribution in [0.4, 0.5) is 5.69 Å². The second-order valence-electron chi connectivity index (χ2n) is 9.02. The number of aliphatic hydroxyl groups excluding tert-OH is 2. The third-order valence-corrected chi connectivity index (χ3v) is 6.34. The van der Waals surface area contributed by atoms with Crippen LogP contribution < -0.4 is 15.6 Å². The minimum absolute atomic E-state index is 0.0211. The lowest BCUT2D eigenvalue weighted by Crippen LogP contribution is -2.82. The van der Waals surface area contributed by atoms with Crippen molar-refractivity contribution in [3.8, 4) is 0 Å². The maximum absolute atomic E-state index is 13.1. The number of anilines is 1. The van der Waals surface area contributed by atoms with Crippen molar-refractivity contribution in [2.45, 2.75) is 50.5 Å². The van der Waals surface area contributed by atoms with E-state index >= 15 is 0 Å². The Morgan fingerprint density at radius 1 is 0.974 bits per heavy atom. The molecule has 38 heavy (non-hydrogen) atoms. The van der Waals surface area contributed by atoms with Crippen molar-refractivity contribution in [3.63, 3.8) is 0 Å². The van der Waals surface area contributed by atoms with Crippen molar-refractivity contribution in [2.24, 2.45) is 0 Å². The zero-order valence-electron chi connectivity index (χ0n) is 20.2. The van der Waals surface area contributed by atoms with Crippen LogP contribution in [-0.2, 0) is 20.8 Å². The normalized spacial score (nSPS) is 17.8. The Hall–Kier alpha value is -4.42. The Kier molecular flexibility index (Phi) is 7.93. The molecule has 4 rings (SSSR count). The average Bonchev–Trinajstić information content (AvgIpc) is 3.13. The van der Waals surface area contributed by atoms with Crippen LogP contribution in [0.15, 0.2) is 48.5 Å². The molecule has 0 fully saturated rings. The molecule has 0 aliphatic carbocycles. The first-order chi connectivity index (χ1) is 18.2. The van der Waals surface area contributed by atoms with E-state index in [-0.39, 0.29) is 48.9 Å². The lowest BCUT2D eigenvalue weighted by atomic mass is 10.1. The van der Waals surface area contributed by atoms with Gasteiger partial charge >= 0.3 is 11.8 Å². The number of carbonyl (C=O) groups excluding carboxylic acids is 5. The van der Waals surface area contributed by atoms with Gasteiger partial charge in [0.2, 0.25) is 11.8 Å². The number of amides is 5. The van der Waals surface area contributed by atoms with Gasteiger partial charge < -0.3 is 26.0 Å². The fourth-order valence-electron chi connectivity index (χ4n) is 4.45. The predicted molar refractivity (Wildman–Crippen MR) is 132 cm³/mol. The van der Waals surface area contributed by atoms with E-state index in [0.29, 0.717) is 0 Å². The first-order valence-corrected chi connectivity index (χ1v) is 12.0. The molecule has 2 atom stereocenters. The monoisotopic (exact) mass is 523 g/mol. The van der Waals surface area contributed by atoms with E-state index in [0.717, 1.165) is 10.5 Å². The summed E-state index contributed by atoms with van der Waals surface area (Å²) in [6, 6.07) is 11.3. The predicted octanol–water partition coefficient (Wildman–Crippen LogP) is -1.23. The molecule has 0 saturated carbocycles. The summed E-state index contributed by atoms with van der Waals surface area (Å²) in [6.07, 6.45) is -2.08. The van der Waals surface area contributed by atoms with Crippen LogP contribution in [0, 0.1) is 0 Å². The molecule has 5 amide bonds. The van der Waals surface area contributed by atoms with Gasteiger partial charge in [0.1, 0.15) is 0 Å². The Morgan fingerprint density at radius 2 is 1.68 bits per heavy atom. The number of aliphatic hydroxyl groups is 3. The molecule has 2 aliphatic rings. The molecule has 2 heterocycles. The van der Waals surface area contributed by atoms with Gasteiger partial charge in [0.25, 0.3) is 11.8 Å². The highest BCUT2D eigenvalue weighted by Gasteiger charge is 2.47. The molecule has 12 heteroatoms. The van der Waals surface area contributed by atoms with Crippen LogP contribution in [0.1, 0.15) is 52.0 Å². The summed E-state index contributed by atoms with van der Waals surface area (Å²) in [5, 5.41) is 34.5. The molecule has 2 aromatic carbocycles. The summed E-state index contributed by atoms with van der Waals surface area (Å²) in [5.74, 6) is -3.49. The van der Waals surface area contributed by atoms with E-state index in [1.165, 1.54) is 18.2 Å². The fraction of sp³-hybridized carbons (Fsp3) is 0.308. The van der Waals surface area contributed by atoms with Crippen LogP contribution in [0.5, 0.6) is 0 Å². The number of fused-ring (bicyclic) bond motifs is 1. The molecular formula is C26H27N4O8+. The highest BCUT2D eigenvalue weighted by atomic mass is 16.5. The second kappa shape index (κ2) is 11.3. The molecule has 2 aromatic rings. The van der Waals surface area contributed by atoms with Crippen LogP contribution in [-0.4, -0.2) is 74.0 Å². The lowest BCUT2D eigenvalue weighted by Gasteiger charge is -2.22. The minimum Gasteiger partial charge on any atom is -0.462 e. The summed E-state index contributed by atoms with van der Waals surface area (Å²) in [6.45, 7) is 0. The van der Waals surface area contributed by atoms with Crippen molar-refractivity contribution in [3.05, 3.63) is 65.2 Å². The van der Waals surface area contributed by atoms with E-state index in [9.17, 15) is 39.3 Å². The topological polar surface area (TPSA) is 187 Å². The summed E-state index contributed by atoms with van der Waals surface area (Å²) >= 11 is 0. The number of rotatable bonds is 9. The number of nitrogens with zero attached hydrogens (tertiary/aromatic N) is 1. The number of benzene rings is 2. The van der Waals surface area contributed by atoms with E-state index < -0.39 is 53.8 Å². The van der Waals surface area contributed by atoms with Crippen LogP contribution in [0.3, 0.4) is 0 Å². The van der Waals surface area contributed by atoms with Gasteiger partial charge in [0.05, 0.1) is 29.3 Å². The zero-order valence-corrected chi connectivity index (χ0v) is 20.2. The van der Waals surface area contributed by atoms with Crippen molar-refractivity contribution < 1.29 is 44.3 Å². The van der Waals surface area contributed by atoms with E-state index in [1.807, 2.05) is 6.07 Å². The maximum Gasteiger partial charge on any atom is 0.388 e. The third-order valence-electron chi connectivity index (χ3n) is 6.34. The maximum atomic E-state index is 13.1. The number of nitrogens with one attached hydrogen (secondary N) is 3. The Labute approximate surface area is 217 Å². The molecule has 0 saturated heterocycles. The molecule has 12 nitrogen and oxygen atoms in total. The van der Waals surface area contributed by atoms with Crippen molar-refractivity contribution >= 4 is 41.1 Å². The SMILES string of the molecule is O=C(CCC(=O)N[C@@H](Cc1ccccc1)C(O)O)Nc1cccc2c1C(=O)N(C1CCC(=O)[NH+]=C1O)C2=O. The van der Waals surface area contributed by atoms with Crippen LogP contribution >= 0.6 is 0 Å². The van der Waals surface area contributed by atoms with Gasteiger partial charge in [-0.2, -0.15) is 0 Å². The van der Waals surface area contributed by atoms with Gasteiger partial charge in [0.15, 0.2) is 12.3 Å². The summed E-state index contributed by atoms with van der Waals surface area (Å²) in [4.78, 5) is 65.6. The Bertz CT molecular complexity index is 1310. The van der Waals surface area contributed by atoms with Gasteiger partial charge in [-0.25, -0.2) is 4.79 Å². The number of hydrogen-bond acceptors (Lipinski definition) is 7. The summed E-state index contributed by atoms with van der Waals surface area (Å²) < 4.78 is 0. The van der Waals surface area contributed by atoms with Gasteiger partial charge in [-0.05, 0) is 30.5 Å². The number of carbonyl (C=O) groups is 5. The Morgan fingerprint density at radius 3 is 2.37 bits per heavy atom. The zero-order chi connectivity index (χ0) is 27.4. The minimum atomic E-state index is -1.81. The highest BCUT2D eigenvalue weighted by Crippen LogP contribution is 2.32. The molecule has 0 radical (unpaired) electrons. The van der Waals surface area contributed by atoms with Crippen molar-refractivity contribution in [2.75, 3.05) is 5.32 Å².